The van der Waals surface area contributed by atoms with E-state index in [-0.39, 0.29) is 16.6 Å². The van der Waals surface area contributed by atoms with Gasteiger partial charge in [-0.05, 0) is 45.3 Å². The Balaban J connectivity index is 1.86. The summed E-state index contributed by atoms with van der Waals surface area (Å²) in [4.78, 5) is 4.51. The van der Waals surface area contributed by atoms with Gasteiger partial charge in [-0.3, -0.25) is 0 Å². The van der Waals surface area contributed by atoms with Gasteiger partial charge in [-0.15, -0.1) is 0 Å². The van der Waals surface area contributed by atoms with Crippen molar-refractivity contribution in [3.05, 3.63) is 60.2 Å². The van der Waals surface area contributed by atoms with Gasteiger partial charge < -0.3 is 9.31 Å². The molecule has 1 aliphatic heterocycles. The van der Waals surface area contributed by atoms with Gasteiger partial charge in [0.25, 0.3) is 0 Å². The minimum Gasteiger partial charge on any atom is -0.399 e. The molecule has 7 heteroatoms. The van der Waals surface area contributed by atoms with Crippen molar-refractivity contribution in [2.75, 3.05) is 0 Å². The van der Waals surface area contributed by atoms with Crippen molar-refractivity contribution >= 4 is 23.5 Å². The summed E-state index contributed by atoms with van der Waals surface area (Å²) in [6, 6.07) is 14.6. The predicted molar refractivity (Wildman–Crippen MR) is 108 cm³/mol. The van der Waals surface area contributed by atoms with Crippen molar-refractivity contribution in [2.45, 2.75) is 45.1 Å². The van der Waals surface area contributed by atoms with Crippen molar-refractivity contribution in [3.63, 3.8) is 0 Å². The first-order valence-electron chi connectivity index (χ1n) is 9.41. The molecule has 0 unspecified atom stereocenters. The number of nitrogens with zero attached hydrogens (tertiary/aromatic N) is 1. The lowest BCUT2D eigenvalue weighted by Crippen LogP contribution is -2.41. The fourth-order valence-electron chi connectivity index (χ4n) is 3.36. The second kappa shape index (κ2) is 6.57. The van der Waals surface area contributed by atoms with E-state index in [1.54, 1.807) is 36.4 Å². The van der Waals surface area contributed by atoms with Crippen LogP contribution < -0.4 is 5.46 Å². The first kappa shape index (κ1) is 19.9. The van der Waals surface area contributed by atoms with Gasteiger partial charge >= 0.3 is 13.3 Å². The van der Waals surface area contributed by atoms with E-state index >= 15 is 0 Å². The monoisotopic (exact) mass is 399 g/mol. The lowest BCUT2D eigenvalue weighted by atomic mass is 9.78. The number of pyridine rings is 1. The molecule has 2 aromatic carbocycles. The van der Waals surface area contributed by atoms with Gasteiger partial charge in [0, 0.05) is 10.9 Å². The molecule has 1 aromatic heterocycles. The van der Waals surface area contributed by atoms with Crippen LogP contribution in [0.15, 0.2) is 54.6 Å². The van der Waals surface area contributed by atoms with Crippen LogP contribution in [0.5, 0.6) is 0 Å². The molecule has 0 N–H and O–H groups in total. The third kappa shape index (κ3) is 3.53. The topological polar surface area (TPSA) is 31.4 Å². The standard InChI is InChI=1S/C22H21BF3NO2/c1-20(2)21(3,4)29-23(28-20)15-10-11-16-17(22(24,25)26)13-18(27-19(16)12-15)14-8-6-5-7-9-14/h5-13H,1-4H3. The summed E-state index contributed by atoms with van der Waals surface area (Å²) in [5.41, 5.74) is 0.0127. The van der Waals surface area contributed by atoms with Crippen LogP contribution in [0.1, 0.15) is 33.3 Å². The van der Waals surface area contributed by atoms with Gasteiger partial charge in [-0.1, -0.05) is 42.5 Å². The summed E-state index contributed by atoms with van der Waals surface area (Å²) in [7, 11) is -0.666. The molecule has 0 spiro atoms. The molecule has 0 bridgehead atoms. The highest BCUT2D eigenvalue weighted by atomic mass is 19.4. The van der Waals surface area contributed by atoms with E-state index in [0.29, 0.717) is 11.0 Å². The Morgan fingerprint density at radius 1 is 0.862 bits per heavy atom. The molecule has 1 aliphatic rings. The van der Waals surface area contributed by atoms with Crippen LogP contribution >= 0.6 is 0 Å². The smallest absolute Gasteiger partial charge is 0.399 e. The normalized spacial score (nSPS) is 18.4. The van der Waals surface area contributed by atoms with Gasteiger partial charge in [0.05, 0.1) is 28.0 Å². The molecule has 0 amide bonds. The molecule has 150 valence electrons. The van der Waals surface area contributed by atoms with Crippen LogP contribution in [0.3, 0.4) is 0 Å². The Kier molecular flexibility index (Phi) is 4.51. The first-order valence-corrected chi connectivity index (χ1v) is 9.41. The van der Waals surface area contributed by atoms with Gasteiger partial charge in [0.2, 0.25) is 0 Å². The molecule has 0 saturated carbocycles. The van der Waals surface area contributed by atoms with E-state index in [1.165, 1.54) is 6.07 Å². The Labute approximate surface area is 168 Å². The largest absolute Gasteiger partial charge is 0.494 e. The van der Waals surface area contributed by atoms with Gasteiger partial charge in [-0.2, -0.15) is 13.2 Å². The summed E-state index contributed by atoms with van der Waals surface area (Å²) in [5, 5.41) is 0.0532. The van der Waals surface area contributed by atoms with Gasteiger partial charge in [0.1, 0.15) is 0 Å². The van der Waals surface area contributed by atoms with Crippen LogP contribution in [0.4, 0.5) is 13.2 Å². The van der Waals surface area contributed by atoms with Crippen LogP contribution in [-0.2, 0) is 15.5 Å². The molecule has 0 aliphatic carbocycles. The molecule has 0 atom stereocenters. The molecule has 2 heterocycles. The van der Waals surface area contributed by atoms with Gasteiger partial charge in [-0.25, -0.2) is 4.98 Å². The maximum Gasteiger partial charge on any atom is 0.494 e. The maximum atomic E-state index is 13.7. The minimum absolute atomic E-state index is 0.0532. The molecule has 3 nitrogen and oxygen atoms in total. The van der Waals surface area contributed by atoms with Gasteiger partial charge in [0.15, 0.2) is 0 Å². The fraction of sp³-hybridized carbons (Fsp3) is 0.318. The zero-order chi connectivity index (χ0) is 21.0. The average molecular weight is 399 g/mol. The van der Waals surface area contributed by atoms with Crippen LogP contribution in [0, 0.1) is 0 Å². The third-order valence-electron chi connectivity index (χ3n) is 5.73. The average Bonchev–Trinajstić information content (AvgIpc) is 2.87. The van der Waals surface area contributed by atoms with Crippen LogP contribution in [-0.4, -0.2) is 23.3 Å². The number of fused-ring (bicyclic) bond motifs is 1. The number of rotatable bonds is 2. The second-order valence-electron chi connectivity index (χ2n) is 8.28. The third-order valence-corrected chi connectivity index (χ3v) is 5.73. The number of hydrogen-bond donors (Lipinski definition) is 0. The van der Waals surface area contributed by atoms with E-state index < -0.39 is 30.1 Å². The summed E-state index contributed by atoms with van der Waals surface area (Å²) >= 11 is 0. The van der Waals surface area contributed by atoms with Crippen molar-refractivity contribution in [1.29, 1.82) is 0 Å². The molecule has 29 heavy (non-hydrogen) atoms. The summed E-state index contributed by atoms with van der Waals surface area (Å²) in [5.74, 6) is 0. The zero-order valence-corrected chi connectivity index (χ0v) is 16.7. The zero-order valence-electron chi connectivity index (χ0n) is 16.7. The molecule has 0 radical (unpaired) electrons. The highest BCUT2D eigenvalue weighted by Gasteiger charge is 2.51. The fourth-order valence-corrected chi connectivity index (χ4v) is 3.36. The molecule has 1 fully saturated rings. The molecular formula is C22H21BF3NO2. The summed E-state index contributed by atoms with van der Waals surface area (Å²) < 4.78 is 53.3. The quantitative estimate of drug-likeness (QED) is 0.554. The van der Waals surface area contributed by atoms with Crippen LogP contribution in [0.25, 0.3) is 22.2 Å². The number of hydrogen-bond acceptors (Lipinski definition) is 3. The summed E-state index contributed by atoms with van der Waals surface area (Å²) in [6.07, 6.45) is -4.49. The van der Waals surface area contributed by atoms with E-state index in [9.17, 15) is 13.2 Å². The van der Waals surface area contributed by atoms with E-state index in [0.717, 1.165) is 6.07 Å². The van der Waals surface area contributed by atoms with E-state index in [2.05, 4.69) is 4.98 Å². The van der Waals surface area contributed by atoms with Crippen molar-refractivity contribution < 1.29 is 22.5 Å². The SMILES string of the molecule is CC1(C)OB(c2ccc3c(C(F)(F)F)cc(-c4ccccc4)nc3c2)OC1(C)C. The molecular weight excluding hydrogens is 378 g/mol. The van der Waals surface area contributed by atoms with Crippen molar-refractivity contribution in [1.82, 2.24) is 4.98 Å². The number of aromatic nitrogens is 1. The minimum atomic E-state index is -4.49. The lowest BCUT2D eigenvalue weighted by molar-refractivity contribution is -0.136. The second-order valence-corrected chi connectivity index (χ2v) is 8.28. The Morgan fingerprint density at radius 2 is 1.48 bits per heavy atom. The summed E-state index contributed by atoms with van der Waals surface area (Å²) in [6.45, 7) is 7.73. The van der Waals surface area contributed by atoms with E-state index in [4.69, 9.17) is 9.31 Å². The van der Waals surface area contributed by atoms with Crippen molar-refractivity contribution in [2.24, 2.45) is 0 Å². The first-order chi connectivity index (χ1) is 13.5. The predicted octanol–water partition coefficient (Wildman–Crippen LogP) is 5.22. The Hall–Kier alpha value is -2.38. The number of benzene rings is 2. The number of halogens is 3. The van der Waals surface area contributed by atoms with Crippen LogP contribution in [0.2, 0.25) is 0 Å². The highest BCUT2D eigenvalue weighted by molar-refractivity contribution is 6.62. The maximum absolute atomic E-state index is 13.7. The Bertz CT molecular complexity index is 1050. The number of alkyl halides is 3. The lowest BCUT2D eigenvalue weighted by Gasteiger charge is -2.32. The molecule has 1 saturated heterocycles. The highest BCUT2D eigenvalue weighted by Crippen LogP contribution is 2.38. The molecule has 4 rings (SSSR count). The molecule has 3 aromatic rings. The Morgan fingerprint density at radius 3 is 2.07 bits per heavy atom. The van der Waals surface area contributed by atoms with Crippen molar-refractivity contribution in [3.8, 4) is 11.3 Å². The van der Waals surface area contributed by atoms with E-state index in [1.807, 2.05) is 33.8 Å².